The van der Waals surface area contributed by atoms with Gasteiger partial charge in [-0.1, -0.05) is 6.07 Å². The van der Waals surface area contributed by atoms with Crippen molar-refractivity contribution in [2.45, 2.75) is 24.6 Å². The Labute approximate surface area is 133 Å². The number of carbonyl (C=O) groups is 2. The molecular weight excluding hydrogens is 313 g/mol. The predicted octanol–water partition coefficient (Wildman–Crippen LogP) is 2.77. The smallest absolute Gasteiger partial charge is 0.325 e. The van der Waals surface area contributed by atoms with Crippen LogP contribution in [0.25, 0.3) is 0 Å². The number of ether oxygens (including phenoxy) is 1. The number of halogens is 2. The molecule has 1 saturated carbocycles. The van der Waals surface area contributed by atoms with Crippen molar-refractivity contribution in [1.82, 2.24) is 5.32 Å². The number of carbonyl (C=O) groups excluding carboxylic acids is 2. The lowest BCUT2D eigenvalue weighted by atomic mass is 10.1. The minimum atomic E-state index is -0.761. The van der Waals surface area contributed by atoms with Gasteiger partial charge in [-0.05, 0) is 43.5 Å². The van der Waals surface area contributed by atoms with Crippen LogP contribution in [-0.4, -0.2) is 29.4 Å². The summed E-state index contributed by atoms with van der Waals surface area (Å²) in [5.41, 5.74) is 2.66. The Bertz CT molecular complexity index is 572. The molecule has 6 heteroatoms. The number of nitrogens with one attached hydrogen (secondary N) is 1. The van der Waals surface area contributed by atoms with Gasteiger partial charge in [0.25, 0.3) is 5.91 Å². The zero-order valence-electron chi connectivity index (χ0n) is 11.9. The first-order valence-electron chi connectivity index (χ1n) is 6.68. The van der Waals surface area contributed by atoms with Crippen molar-refractivity contribution in [1.29, 1.82) is 0 Å². The van der Waals surface area contributed by atoms with Crippen LogP contribution in [-0.2, 0) is 9.53 Å². The van der Waals surface area contributed by atoms with Crippen LogP contribution in [0.2, 0.25) is 0 Å². The first-order chi connectivity index (χ1) is 9.79. The third kappa shape index (κ3) is 4.35. The van der Waals surface area contributed by atoms with Crippen molar-refractivity contribution in [3.05, 3.63) is 34.9 Å². The van der Waals surface area contributed by atoms with E-state index in [0.717, 1.165) is 11.1 Å². The maximum Gasteiger partial charge on any atom is 0.325 e. The maximum absolute atomic E-state index is 11.9. The van der Waals surface area contributed by atoms with Crippen LogP contribution in [0.4, 0.5) is 0 Å². The molecule has 0 unspecified atom stereocenters. The molecule has 0 bridgehead atoms. The number of aryl methyl sites for hydroxylation is 2. The van der Waals surface area contributed by atoms with Crippen LogP contribution >= 0.6 is 23.2 Å². The van der Waals surface area contributed by atoms with E-state index in [1.54, 1.807) is 12.1 Å². The van der Waals surface area contributed by atoms with Gasteiger partial charge in [-0.15, -0.1) is 23.2 Å². The van der Waals surface area contributed by atoms with Gasteiger partial charge in [-0.25, -0.2) is 0 Å². The molecule has 0 spiro atoms. The highest BCUT2D eigenvalue weighted by Gasteiger charge is 2.52. The van der Waals surface area contributed by atoms with Crippen molar-refractivity contribution in [3.8, 4) is 0 Å². The summed E-state index contributed by atoms with van der Waals surface area (Å²) in [7, 11) is 0. The summed E-state index contributed by atoms with van der Waals surface area (Å²) in [6.07, 6.45) is 0.623. The van der Waals surface area contributed by atoms with E-state index in [1.165, 1.54) is 0 Å². The fourth-order valence-corrected chi connectivity index (χ4v) is 2.33. The molecule has 0 aromatic heterocycles. The van der Waals surface area contributed by atoms with Gasteiger partial charge >= 0.3 is 5.97 Å². The fourth-order valence-electron chi connectivity index (χ4n) is 1.83. The molecule has 1 atom stereocenters. The van der Waals surface area contributed by atoms with Crippen molar-refractivity contribution in [2.75, 3.05) is 13.2 Å². The number of hydrogen-bond donors (Lipinski definition) is 1. The van der Waals surface area contributed by atoms with Crippen LogP contribution in [0.5, 0.6) is 0 Å². The third-order valence-electron chi connectivity index (χ3n) is 3.56. The summed E-state index contributed by atoms with van der Waals surface area (Å²) in [6, 6.07) is 5.38. The number of hydrogen-bond acceptors (Lipinski definition) is 3. The first kappa shape index (κ1) is 16.1. The molecular formula is C15H17Cl2NO3. The maximum atomic E-state index is 11.9. The second-order valence-corrected chi connectivity index (χ2v) is 6.87. The standard InChI is InChI=1S/C15H17Cl2NO3/c1-9-3-4-11(5-10(9)2)14(20)18-7-13(19)21-8-12-6-15(12,16)17/h3-5,12H,6-8H2,1-2H3,(H,18,20)/t12-/m1/s1. The molecule has 114 valence electrons. The number of amides is 1. The zero-order chi connectivity index (χ0) is 15.6. The lowest BCUT2D eigenvalue weighted by molar-refractivity contribution is -0.142. The van der Waals surface area contributed by atoms with Crippen molar-refractivity contribution < 1.29 is 14.3 Å². The molecule has 0 saturated heterocycles. The van der Waals surface area contributed by atoms with Crippen LogP contribution in [0.3, 0.4) is 0 Å². The Balaban J connectivity index is 1.75. The molecule has 1 fully saturated rings. The highest BCUT2D eigenvalue weighted by atomic mass is 35.5. The second kappa shape index (κ2) is 6.24. The second-order valence-electron chi connectivity index (χ2n) is 5.33. The van der Waals surface area contributed by atoms with Crippen molar-refractivity contribution in [3.63, 3.8) is 0 Å². The first-order valence-corrected chi connectivity index (χ1v) is 7.44. The van der Waals surface area contributed by atoms with Crippen molar-refractivity contribution in [2.24, 2.45) is 5.92 Å². The molecule has 1 aromatic rings. The average Bonchev–Trinajstić information content (AvgIpc) is 3.04. The van der Waals surface area contributed by atoms with Crippen LogP contribution < -0.4 is 5.32 Å². The Hall–Kier alpha value is -1.26. The van der Waals surface area contributed by atoms with Crippen LogP contribution in [0.1, 0.15) is 27.9 Å². The van der Waals surface area contributed by atoms with Gasteiger partial charge < -0.3 is 10.1 Å². The normalized spacial score (nSPS) is 19.0. The van der Waals surface area contributed by atoms with Gasteiger partial charge in [-0.2, -0.15) is 0 Å². The fraction of sp³-hybridized carbons (Fsp3) is 0.467. The van der Waals surface area contributed by atoms with E-state index in [-0.39, 0.29) is 25.0 Å². The van der Waals surface area contributed by atoms with Gasteiger partial charge in [0, 0.05) is 11.5 Å². The Morgan fingerprint density at radius 2 is 2.00 bits per heavy atom. The van der Waals surface area contributed by atoms with E-state index in [1.807, 2.05) is 19.9 Å². The topological polar surface area (TPSA) is 55.4 Å². The van der Waals surface area contributed by atoms with Crippen LogP contribution in [0, 0.1) is 19.8 Å². The van der Waals surface area contributed by atoms with Gasteiger partial charge in [0.2, 0.25) is 0 Å². The molecule has 1 amide bonds. The molecule has 2 rings (SSSR count). The molecule has 1 aliphatic rings. The molecule has 1 aromatic carbocycles. The molecule has 1 N–H and O–H groups in total. The molecule has 0 radical (unpaired) electrons. The number of esters is 1. The highest BCUT2D eigenvalue weighted by molar-refractivity contribution is 6.50. The summed E-state index contributed by atoms with van der Waals surface area (Å²) in [6.45, 7) is 3.92. The molecule has 4 nitrogen and oxygen atoms in total. The van der Waals surface area contributed by atoms with E-state index in [0.29, 0.717) is 12.0 Å². The lowest BCUT2D eigenvalue weighted by Gasteiger charge is -2.08. The van der Waals surface area contributed by atoms with Gasteiger partial charge in [0.15, 0.2) is 0 Å². The van der Waals surface area contributed by atoms with Gasteiger partial charge in [0.05, 0.1) is 6.61 Å². The van der Waals surface area contributed by atoms with Gasteiger partial charge in [-0.3, -0.25) is 9.59 Å². The lowest BCUT2D eigenvalue weighted by Crippen LogP contribution is -2.31. The molecule has 0 aliphatic heterocycles. The Kier molecular flexibility index (Phi) is 4.79. The SMILES string of the molecule is Cc1ccc(C(=O)NCC(=O)OC[C@H]2CC2(Cl)Cl)cc1C. The van der Waals surface area contributed by atoms with Crippen LogP contribution in [0.15, 0.2) is 18.2 Å². The van der Waals surface area contributed by atoms with Crippen molar-refractivity contribution >= 4 is 35.1 Å². The summed E-state index contributed by atoms with van der Waals surface area (Å²) in [5, 5.41) is 2.53. The Morgan fingerprint density at radius 1 is 1.33 bits per heavy atom. The third-order valence-corrected chi connectivity index (χ3v) is 4.49. The average molecular weight is 330 g/mol. The summed E-state index contributed by atoms with van der Waals surface area (Å²) >= 11 is 11.7. The van der Waals surface area contributed by atoms with E-state index in [4.69, 9.17) is 27.9 Å². The highest BCUT2D eigenvalue weighted by Crippen LogP contribution is 2.53. The number of rotatable bonds is 5. The monoisotopic (exact) mass is 329 g/mol. The predicted molar refractivity (Wildman–Crippen MR) is 81.8 cm³/mol. The minimum absolute atomic E-state index is 0.0137. The largest absolute Gasteiger partial charge is 0.464 e. The van der Waals surface area contributed by atoms with E-state index in [9.17, 15) is 9.59 Å². The summed E-state index contributed by atoms with van der Waals surface area (Å²) in [4.78, 5) is 23.4. The van der Waals surface area contributed by atoms with E-state index < -0.39 is 10.3 Å². The zero-order valence-corrected chi connectivity index (χ0v) is 13.4. The number of alkyl halides is 2. The van der Waals surface area contributed by atoms with Gasteiger partial charge in [0.1, 0.15) is 10.9 Å². The van der Waals surface area contributed by atoms with E-state index >= 15 is 0 Å². The Morgan fingerprint density at radius 3 is 2.57 bits per heavy atom. The number of benzene rings is 1. The molecule has 21 heavy (non-hydrogen) atoms. The van der Waals surface area contributed by atoms with E-state index in [2.05, 4.69) is 5.32 Å². The minimum Gasteiger partial charge on any atom is -0.464 e. The molecule has 0 heterocycles. The quantitative estimate of drug-likeness (QED) is 0.667. The molecule has 1 aliphatic carbocycles. The summed E-state index contributed by atoms with van der Waals surface area (Å²) in [5.74, 6) is -0.811. The summed E-state index contributed by atoms with van der Waals surface area (Å²) < 4.78 is 4.25.